The van der Waals surface area contributed by atoms with Gasteiger partial charge < -0.3 is 0 Å². The summed E-state index contributed by atoms with van der Waals surface area (Å²) in [6.45, 7) is 0. The van der Waals surface area contributed by atoms with Gasteiger partial charge in [-0.2, -0.15) is 0 Å². The Labute approximate surface area is 141 Å². The van der Waals surface area contributed by atoms with Gasteiger partial charge in [-0.1, -0.05) is 22.0 Å². The van der Waals surface area contributed by atoms with Crippen LogP contribution in [0.1, 0.15) is 17.3 Å². The summed E-state index contributed by atoms with van der Waals surface area (Å²) in [5.41, 5.74) is 3.99. The number of nitrogens with zero attached hydrogens (tertiary/aromatic N) is 1. The van der Waals surface area contributed by atoms with Gasteiger partial charge in [-0.05, 0) is 62.0 Å². The van der Waals surface area contributed by atoms with Crippen LogP contribution in [0.2, 0.25) is 0 Å². The van der Waals surface area contributed by atoms with Crippen LogP contribution in [-0.4, -0.2) is 4.98 Å². The Bertz CT molecular complexity index is 622. The van der Waals surface area contributed by atoms with Crippen molar-refractivity contribution in [3.05, 3.63) is 61.0 Å². The van der Waals surface area contributed by atoms with E-state index in [9.17, 15) is 4.39 Å². The molecule has 0 aliphatic heterocycles. The number of hydrogen-bond acceptors (Lipinski definition) is 3. The highest BCUT2D eigenvalue weighted by atomic mass is 79.9. The van der Waals surface area contributed by atoms with Crippen LogP contribution < -0.4 is 11.3 Å². The number of nitrogens with two attached hydrogens (primary N) is 1. The van der Waals surface area contributed by atoms with Gasteiger partial charge in [0.25, 0.3) is 0 Å². The van der Waals surface area contributed by atoms with E-state index in [1.807, 2.05) is 6.07 Å². The van der Waals surface area contributed by atoms with Gasteiger partial charge in [-0.15, -0.1) is 0 Å². The molecule has 1 heterocycles. The molecule has 106 valence electrons. The fourth-order valence-corrected chi connectivity index (χ4v) is 3.42. The Hall–Kier alpha value is -0.340. The molecule has 0 bridgehead atoms. The van der Waals surface area contributed by atoms with E-state index >= 15 is 0 Å². The molecule has 0 fully saturated rings. The van der Waals surface area contributed by atoms with E-state index < -0.39 is 0 Å². The van der Waals surface area contributed by atoms with Crippen LogP contribution in [-0.2, 0) is 6.42 Å². The highest BCUT2D eigenvalue weighted by Crippen LogP contribution is 2.27. The Balaban J connectivity index is 2.28. The highest BCUT2D eigenvalue weighted by Gasteiger charge is 2.17. The maximum atomic E-state index is 13.9. The smallest absolute Gasteiger partial charge is 0.127 e. The van der Waals surface area contributed by atoms with Crippen LogP contribution in [0.15, 0.2) is 43.9 Å². The largest absolute Gasteiger partial charge is 0.271 e. The van der Waals surface area contributed by atoms with Crippen molar-refractivity contribution in [2.24, 2.45) is 5.84 Å². The van der Waals surface area contributed by atoms with Crippen molar-refractivity contribution >= 4 is 47.8 Å². The van der Waals surface area contributed by atoms with Gasteiger partial charge in [-0.3, -0.25) is 16.3 Å². The summed E-state index contributed by atoms with van der Waals surface area (Å²) in [7, 11) is 0. The predicted molar refractivity (Wildman–Crippen MR) is 87.5 cm³/mol. The van der Waals surface area contributed by atoms with E-state index in [1.54, 1.807) is 18.3 Å². The first kappa shape index (κ1) is 16.0. The molecule has 3 N–H and O–H groups in total. The third-order valence-corrected chi connectivity index (χ3v) is 4.37. The predicted octanol–water partition coefficient (Wildman–Crippen LogP) is 4.26. The number of hydrazine groups is 1. The summed E-state index contributed by atoms with van der Waals surface area (Å²) < 4.78 is 16.3. The molecule has 1 aromatic heterocycles. The van der Waals surface area contributed by atoms with Crippen LogP contribution in [0.5, 0.6) is 0 Å². The van der Waals surface area contributed by atoms with Crippen LogP contribution in [0.25, 0.3) is 0 Å². The summed E-state index contributed by atoms with van der Waals surface area (Å²) in [4.78, 5) is 4.32. The Kier molecular flexibility index (Phi) is 5.68. The Morgan fingerprint density at radius 1 is 1.20 bits per heavy atom. The Morgan fingerprint density at radius 2 is 1.95 bits per heavy atom. The Morgan fingerprint density at radius 3 is 2.55 bits per heavy atom. The molecule has 0 aliphatic rings. The molecule has 20 heavy (non-hydrogen) atoms. The fraction of sp³-hybridized carbons (Fsp3) is 0.154. The zero-order valence-electron chi connectivity index (χ0n) is 10.2. The van der Waals surface area contributed by atoms with Gasteiger partial charge in [0.1, 0.15) is 5.82 Å². The lowest BCUT2D eigenvalue weighted by Crippen LogP contribution is -2.30. The van der Waals surface area contributed by atoms with Crippen molar-refractivity contribution in [1.29, 1.82) is 0 Å². The summed E-state index contributed by atoms with van der Waals surface area (Å²) in [6, 6.07) is 6.57. The number of aromatic nitrogens is 1. The zero-order valence-corrected chi connectivity index (χ0v) is 15.0. The molecule has 0 spiro atoms. The monoisotopic (exact) mass is 465 g/mol. The summed E-state index contributed by atoms with van der Waals surface area (Å²) in [5, 5.41) is 0. The first-order chi connectivity index (χ1) is 9.51. The molecule has 0 saturated heterocycles. The minimum atomic E-state index is -0.284. The molecule has 2 aromatic rings. The van der Waals surface area contributed by atoms with Crippen LogP contribution in [0.3, 0.4) is 0 Å². The lowest BCUT2D eigenvalue weighted by atomic mass is 10.0. The number of rotatable bonds is 4. The van der Waals surface area contributed by atoms with E-state index in [-0.39, 0.29) is 11.9 Å². The second-order valence-electron chi connectivity index (χ2n) is 4.18. The van der Waals surface area contributed by atoms with E-state index in [0.29, 0.717) is 16.5 Å². The van der Waals surface area contributed by atoms with Crippen molar-refractivity contribution in [2.75, 3.05) is 0 Å². The number of benzene rings is 1. The average molecular weight is 468 g/mol. The molecule has 7 heteroatoms. The van der Waals surface area contributed by atoms with E-state index in [4.69, 9.17) is 5.84 Å². The first-order valence-corrected chi connectivity index (χ1v) is 8.10. The maximum Gasteiger partial charge on any atom is 0.127 e. The second kappa shape index (κ2) is 7.09. The van der Waals surface area contributed by atoms with E-state index in [2.05, 4.69) is 58.2 Å². The third-order valence-electron chi connectivity index (χ3n) is 2.81. The fourth-order valence-electron chi connectivity index (χ4n) is 1.82. The van der Waals surface area contributed by atoms with Gasteiger partial charge in [0.2, 0.25) is 0 Å². The summed E-state index contributed by atoms with van der Waals surface area (Å²) in [5.74, 6) is 5.31. The van der Waals surface area contributed by atoms with Crippen LogP contribution in [0, 0.1) is 5.82 Å². The van der Waals surface area contributed by atoms with Gasteiger partial charge in [-0.25, -0.2) is 4.39 Å². The molecule has 1 unspecified atom stereocenters. The first-order valence-electron chi connectivity index (χ1n) is 5.72. The second-order valence-corrected chi connectivity index (χ2v) is 6.87. The topological polar surface area (TPSA) is 50.9 Å². The van der Waals surface area contributed by atoms with Crippen molar-refractivity contribution in [1.82, 2.24) is 10.4 Å². The molecule has 0 saturated carbocycles. The van der Waals surface area contributed by atoms with Crippen LogP contribution in [0.4, 0.5) is 4.39 Å². The SMILES string of the molecule is NNC(Cc1ccc(Br)cc1F)c1ncc(Br)cc1Br. The van der Waals surface area contributed by atoms with Crippen molar-refractivity contribution in [3.63, 3.8) is 0 Å². The molecular weight excluding hydrogens is 457 g/mol. The van der Waals surface area contributed by atoms with Gasteiger partial charge in [0, 0.05) is 19.6 Å². The number of nitrogens with one attached hydrogen (secondary N) is 1. The van der Waals surface area contributed by atoms with Gasteiger partial charge >= 0.3 is 0 Å². The van der Waals surface area contributed by atoms with Crippen LogP contribution >= 0.6 is 47.8 Å². The molecule has 0 aliphatic carbocycles. The van der Waals surface area contributed by atoms with Crippen molar-refractivity contribution in [3.8, 4) is 0 Å². The average Bonchev–Trinajstić information content (AvgIpc) is 2.39. The standard InChI is InChI=1S/C13H11Br3FN3/c14-8-2-1-7(11(17)5-8)3-12(20-18)13-10(16)4-9(15)6-19-13/h1-2,4-6,12,20H,3,18H2. The molecule has 1 atom stereocenters. The molecule has 3 nitrogen and oxygen atoms in total. The number of pyridine rings is 1. The number of halogens is 4. The molecule has 0 amide bonds. The van der Waals surface area contributed by atoms with E-state index in [1.165, 1.54) is 6.07 Å². The van der Waals surface area contributed by atoms with Gasteiger partial charge in [0.15, 0.2) is 0 Å². The molecule has 0 radical (unpaired) electrons. The van der Waals surface area contributed by atoms with Crippen molar-refractivity contribution in [2.45, 2.75) is 12.5 Å². The molecule has 2 rings (SSSR count). The maximum absolute atomic E-state index is 13.9. The summed E-state index contributed by atoms with van der Waals surface area (Å²) >= 11 is 10.0. The van der Waals surface area contributed by atoms with E-state index in [0.717, 1.165) is 14.6 Å². The summed E-state index contributed by atoms with van der Waals surface area (Å²) in [6.07, 6.45) is 2.09. The van der Waals surface area contributed by atoms with Crippen molar-refractivity contribution < 1.29 is 4.39 Å². The molecular formula is C13H11Br3FN3. The normalized spacial score (nSPS) is 12.4. The van der Waals surface area contributed by atoms with Gasteiger partial charge in [0.05, 0.1) is 11.7 Å². The zero-order chi connectivity index (χ0) is 14.7. The quantitative estimate of drug-likeness (QED) is 0.522. The third kappa shape index (κ3) is 3.85. The lowest BCUT2D eigenvalue weighted by molar-refractivity contribution is 0.516. The lowest BCUT2D eigenvalue weighted by Gasteiger charge is -2.17. The minimum Gasteiger partial charge on any atom is -0.271 e. The highest BCUT2D eigenvalue weighted by molar-refractivity contribution is 9.11. The molecule has 1 aromatic carbocycles. The number of hydrogen-bond donors (Lipinski definition) is 2. The minimum absolute atomic E-state index is 0.271.